The Kier molecular flexibility index (Phi) is 9.35. The Morgan fingerprint density at radius 2 is 1.89 bits per heavy atom. The summed E-state index contributed by atoms with van der Waals surface area (Å²) >= 11 is 5.82. The summed E-state index contributed by atoms with van der Waals surface area (Å²) in [6.45, 7) is 5.40. The van der Waals surface area contributed by atoms with Crippen LogP contribution >= 0.6 is 11.6 Å². The van der Waals surface area contributed by atoms with E-state index in [-0.39, 0.29) is 35.4 Å². The van der Waals surface area contributed by atoms with Crippen molar-refractivity contribution in [2.24, 2.45) is 11.3 Å². The van der Waals surface area contributed by atoms with Crippen molar-refractivity contribution in [3.63, 3.8) is 0 Å². The van der Waals surface area contributed by atoms with Gasteiger partial charge in [0.2, 0.25) is 17.6 Å². The molecule has 0 aromatic heterocycles. The normalized spacial score (nSPS) is 18.8. The first-order valence-electron chi connectivity index (χ1n) is 12.6. The van der Waals surface area contributed by atoms with Crippen LogP contribution in [-0.4, -0.2) is 64.3 Å². The summed E-state index contributed by atoms with van der Waals surface area (Å²) in [5.74, 6) is -4.16. The summed E-state index contributed by atoms with van der Waals surface area (Å²) in [6.07, 6.45) is 0.418. The van der Waals surface area contributed by atoms with Crippen LogP contribution in [-0.2, 0) is 25.7 Å². The van der Waals surface area contributed by atoms with Gasteiger partial charge in [0.1, 0.15) is 11.9 Å². The quantitative estimate of drug-likeness (QED) is 0.311. The van der Waals surface area contributed by atoms with Gasteiger partial charge < -0.3 is 21.1 Å². The van der Waals surface area contributed by atoms with E-state index < -0.39 is 59.5 Å². The lowest BCUT2D eigenvalue weighted by Crippen LogP contribution is -2.56. The van der Waals surface area contributed by atoms with Crippen LogP contribution in [0, 0.1) is 17.2 Å². The molecular formula is C26H34ClFN4O6. The van der Waals surface area contributed by atoms with E-state index >= 15 is 0 Å². The molecule has 2 fully saturated rings. The van der Waals surface area contributed by atoms with Gasteiger partial charge in [0.25, 0.3) is 5.91 Å². The SMILES string of the molecule is CC(C)(C)C[C@@H](C(=O)NC(C[C@@H]1CCNC1=O)C(=O)C(=O)NC1CC1)N(Cc1ccc(Cl)cc1F)C(=O)O. The number of amides is 4. The van der Waals surface area contributed by atoms with Crippen LogP contribution in [0.15, 0.2) is 18.2 Å². The second-order valence-electron chi connectivity index (χ2n) is 11.1. The van der Waals surface area contributed by atoms with E-state index in [4.69, 9.17) is 11.6 Å². The van der Waals surface area contributed by atoms with Gasteiger partial charge in [0.15, 0.2) is 0 Å². The molecule has 10 nitrogen and oxygen atoms in total. The van der Waals surface area contributed by atoms with E-state index in [1.54, 1.807) is 0 Å². The Labute approximate surface area is 225 Å². The van der Waals surface area contributed by atoms with E-state index in [9.17, 15) is 33.5 Å². The zero-order chi connectivity index (χ0) is 28.2. The van der Waals surface area contributed by atoms with Gasteiger partial charge in [-0.05, 0) is 49.7 Å². The molecule has 1 aromatic carbocycles. The Morgan fingerprint density at radius 3 is 2.42 bits per heavy atom. The summed E-state index contributed by atoms with van der Waals surface area (Å²) in [6, 6.07) is 1.06. The summed E-state index contributed by atoms with van der Waals surface area (Å²) in [4.78, 5) is 64.5. The minimum absolute atomic E-state index is 0.0163. The molecule has 1 unspecified atom stereocenters. The fourth-order valence-electron chi connectivity index (χ4n) is 4.37. The van der Waals surface area contributed by atoms with Crippen molar-refractivity contribution >= 4 is 41.2 Å². The maximum absolute atomic E-state index is 14.5. The topological polar surface area (TPSA) is 145 Å². The van der Waals surface area contributed by atoms with Crippen LogP contribution in [0.2, 0.25) is 5.02 Å². The number of Topliss-reactive ketones (excluding diaryl/α,β-unsaturated/α-hetero) is 1. The number of carbonyl (C=O) groups is 5. The zero-order valence-corrected chi connectivity index (χ0v) is 22.4. The molecule has 208 valence electrons. The van der Waals surface area contributed by atoms with Crippen molar-refractivity contribution in [1.82, 2.24) is 20.9 Å². The lowest BCUT2D eigenvalue weighted by atomic mass is 9.86. The predicted octanol–water partition coefficient (Wildman–Crippen LogP) is 2.62. The van der Waals surface area contributed by atoms with E-state index in [1.807, 2.05) is 20.8 Å². The van der Waals surface area contributed by atoms with Gasteiger partial charge in [-0.15, -0.1) is 0 Å². The summed E-state index contributed by atoms with van der Waals surface area (Å²) in [5, 5.41) is 18.0. The van der Waals surface area contributed by atoms with Gasteiger partial charge in [-0.25, -0.2) is 9.18 Å². The molecule has 1 aromatic rings. The largest absolute Gasteiger partial charge is 0.465 e. The fraction of sp³-hybridized carbons (Fsp3) is 0.577. The first kappa shape index (κ1) is 29.3. The highest BCUT2D eigenvalue weighted by atomic mass is 35.5. The zero-order valence-electron chi connectivity index (χ0n) is 21.7. The van der Waals surface area contributed by atoms with Crippen LogP contribution in [0.3, 0.4) is 0 Å². The molecule has 1 saturated carbocycles. The second-order valence-corrected chi connectivity index (χ2v) is 11.5. The summed E-state index contributed by atoms with van der Waals surface area (Å²) < 4.78 is 14.5. The molecule has 1 saturated heterocycles. The number of rotatable bonds is 11. The Bertz CT molecular complexity index is 1100. The minimum atomic E-state index is -1.46. The molecule has 12 heteroatoms. The van der Waals surface area contributed by atoms with Crippen LogP contribution in [0.4, 0.5) is 9.18 Å². The van der Waals surface area contributed by atoms with E-state index in [0.29, 0.717) is 13.0 Å². The Morgan fingerprint density at radius 1 is 1.21 bits per heavy atom. The van der Waals surface area contributed by atoms with Gasteiger partial charge in [-0.3, -0.25) is 24.1 Å². The third-order valence-corrected chi connectivity index (χ3v) is 6.77. The van der Waals surface area contributed by atoms with E-state index in [0.717, 1.165) is 23.8 Å². The second kappa shape index (κ2) is 12.1. The van der Waals surface area contributed by atoms with Crippen LogP contribution in [0.25, 0.3) is 0 Å². The van der Waals surface area contributed by atoms with Gasteiger partial charge in [0, 0.05) is 29.1 Å². The first-order chi connectivity index (χ1) is 17.7. The van der Waals surface area contributed by atoms with Crippen molar-refractivity contribution in [3.05, 3.63) is 34.6 Å². The summed E-state index contributed by atoms with van der Waals surface area (Å²) in [7, 11) is 0. The number of carboxylic acid groups (broad SMARTS) is 1. The van der Waals surface area contributed by atoms with E-state index in [1.165, 1.54) is 12.1 Å². The van der Waals surface area contributed by atoms with Crippen molar-refractivity contribution in [2.45, 2.75) is 77.5 Å². The number of hydrogen-bond donors (Lipinski definition) is 4. The Balaban J connectivity index is 1.88. The molecule has 1 heterocycles. The van der Waals surface area contributed by atoms with Crippen molar-refractivity contribution in [2.75, 3.05) is 6.54 Å². The van der Waals surface area contributed by atoms with Gasteiger partial charge in [-0.1, -0.05) is 38.4 Å². The molecule has 0 radical (unpaired) electrons. The molecule has 0 spiro atoms. The van der Waals surface area contributed by atoms with Crippen LogP contribution in [0.5, 0.6) is 0 Å². The molecule has 3 atom stereocenters. The van der Waals surface area contributed by atoms with Crippen molar-refractivity contribution in [3.8, 4) is 0 Å². The monoisotopic (exact) mass is 552 g/mol. The van der Waals surface area contributed by atoms with Crippen LogP contribution in [0.1, 0.15) is 58.4 Å². The number of nitrogens with one attached hydrogen (secondary N) is 3. The molecule has 1 aliphatic carbocycles. The number of benzene rings is 1. The highest BCUT2D eigenvalue weighted by Gasteiger charge is 2.39. The maximum Gasteiger partial charge on any atom is 0.408 e. The molecule has 1 aliphatic heterocycles. The first-order valence-corrected chi connectivity index (χ1v) is 13.0. The van der Waals surface area contributed by atoms with Gasteiger partial charge in [0.05, 0.1) is 12.6 Å². The van der Waals surface area contributed by atoms with Crippen LogP contribution < -0.4 is 16.0 Å². The third kappa shape index (κ3) is 8.14. The molecule has 38 heavy (non-hydrogen) atoms. The smallest absolute Gasteiger partial charge is 0.408 e. The van der Waals surface area contributed by atoms with E-state index in [2.05, 4.69) is 16.0 Å². The standard InChI is InChI=1S/C26H34ClFN4O6/c1-26(2,3)12-20(32(25(37)38)13-15-4-5-16(27)11-18(15)28)23(35)31-19(10-14-8-9-29-22(14)34)21(33)24(36)30-17-6-7-17/h4-5,11,14,17,19-20H,6-10,12-13H2,1-3H3,(H,29,34)(H,30,36)(H,31,35)(H,37,38)/t14-,19?,20-/m0/s1. The molecule has 2 aliphatic rings. The number of halogens is 2. The highest BCUT2D eigenvalue weighted by Crippen LogP contribution is 2.27. The predicted molar refractivity (Wildman–Crippen MR) is 137 cm³/mol. The molecular weight excluding hydrogens is 519 g/mol. The maximum atomic E-state index is 14.5. The highest BCUT2D eigenvalue weighted by molar-refractivity contribution is 6.38. The van der Waals surface area contributed by atoms with Gasteiger partial charge in [-0.2, -0.15) is 0 Å². The average Bonchev–Trinajstić information content (AvgIpc) is 3.54. The minimum Gasteiger partial charge on any atom is -0.465 e. The van der Waals surface area contributed by atoms with Crippen molar-refractivity contribution in [1.29, 1.82) is 0 Å². The lowest BCUT2D eigenvalue weighted by Gasteiger charge is -2.34. The van der Waals surface area contributed by atoms with Crippen molar-refractivity contribution < 1.29 is 33.5 Å². The summed E-state index contributed by atoms with van der Waals surface area (Å²) in [5.41, 5.74) is -0.523. The van der Waals surface area contributed by atoms with Gasteiger partial charge >= 0.3 is 6.09 Å². The molecule has 0 bridgehead atoms. The average molecular weight is 553 g/mol. The molecule has 4 amide bonds. The number of carbonyl (C=O) groups excluding carboxylic acids is 4. The lowest BCUT2D eigenvalue weighted by molar-refractivity contribution is -0.141. The Hall–Kier alpha value is -3.21. The fourth-order valence-corrected chi connectivity index (χ4v) is 4.52. The molecule has 4 N–H and O–H groups in total. The molecule has 3 rings (SSSR count). The number of nitrogens with zero attached hydrogens (tertiary/aromatic N) is 1. The third-order valence-electron chi connectivity index (χ3n) is 6.54. The number of hydrogen-bond acceptors (Lipinski definition) is 5. The number of ketones is 1.